The van der Waals surface area contributed by atoms with Crippen molar-refractivity contribution < 1.29 is 19.4 Å². The zero-order valence-electron chi connectivity index (χ0n) is 10.7. The summed E-state index contributed by atoms with van der Waals surface area (Å²) in [6, 6.07) is 3.11. The van der Waals surface area contributed by atoms with Crippen molar-refractivity contribution in [2.45, 2.75) is 18.9 Å². The van der Waals surface area contributed by atoms with Crippen molar-refractivity contribution in [2.75, 3.05) is 20.3 Å². The number of carbonyl (C=O) groups excluding carboxylic acids is 1. The van der Waals surface area contributed by atoms with Crippen molar-refractivity contribution in [1.82, 2.24) is 9.88 Å². The summed E-state index contributed by atoms with van der Waals surface area (Å²) >= 11 is 0. The Hall–Kier alpha value is -1.95. The van der Waals surface area contributed by atoms with Gasteiger partial charge in [-0.3, -0.25) is 9.78 Å². The minimum Gasteiger partial charge on any atom is -0.478 e. The summed E-state index contributed by atoms with van der Waals surface area (Å²) in [6.07, 6.45) is 3.21. The molecule has 6 heteroatoms. The van der Waals surface area contributed by atoms with Crippen LogP contribution in [0.4, 0.5) is 0 Å². The molecule has 1 heterocycles. The Bertz CT molecular complexity index is 468. The van der Waals surface area contributed by atoms with Crippen molar-refractivity contribution in [2.24, 2.45) is 0 Å². The van der Waals surface area contributed by atoms with Crippen LogP contribution in [0.25, 0.3) is 0 Å². The number of carboxylic acids is 1. The molecule has 0 aromatic carbocycles. The highest BCUT2D eigenvalue weighted by molar-refractivity contribution is 5.94. The number of aromatic carboxylic acids is 1. The van der Waals surface area contributed by atoms with Crippen LogP contribution in [0.3, 0.4) is 0 Å². The molecule has 0 unspecified atom stereocenters. The molecule has 0 atom stereocenters. The van der Waals surface area contributed by atoms with E-state index in [1.165, 1.54) is 18.3 Å². The van der Waals surface area contributed by atoms with Crippen molar-refractivity contribution in [1.29, 1.82) is 0 Å². The summed E-state index contributed by atoms with van der Waals surface area (Å²) in [5, 5.41) is 8.79. The van der Waals surface area contributed by atoms with Gasteiger partial charge in [-0.1, -0.05) is 0 Å². The Kier molecular flexibility index (Phi) is 4.11. The molecule has 0 aliphatic heterocycles. The molecule has 0 spiro atoms. The monoisotopic (exact) mass is 264 g/mol. The highest BCUT2D eigenvalue weighted by Crippen LogP contribution is 2.27. The van der Waals surface area contributed by atoms with E-state index in [4.69, 9.17) is 9.84 Å². The summed E-state index contributed by atoms with van der Waals surface area (Å²) in [6.45, 7) is 1.01. The molecule has 6 nitrogen and oxygen atoms in total. The second kappa shape index (κ2) is 5.79. The van der Waals surface area contributed by atoms with E-state index in [-0.39, 0.29) is 23.2 Å². The number of amides is 1. The quantitative estimate of drug-likeness (QED) is 0.830. The summed E-state index contributed by atoms with van der Waals surface area (Å²) < 4.78 is 4.99. The average Bonchev–Trinajstić information content (AvgIpc) is 3.23. The van der Waals surface area contributed by atoms with Crippen LogP contribution in [-0.2, 0) is 4.74 Å². The lowest BCUT2D eigenvalue weighted by Crippen LogP contribution is -2.36. The number of aromatic nitrogens is 1. The topological polar surface area (TPSA) is 79.7 Å². The van der Waals surface area contributed by atoms with Gasteiger partial charge in [-0.25, -0.2) is 4.79 Å². The summed E-state index contributed by atoms with van der Waals surface area (Å²) in [5.74, 6) is -1.22. The second-order valence-electron chi connectivity index (χ2n) is 4.46. The summed E-state index contributed by atoms with van der Waals surface area (Å²) in [7, 11) is 1.59. The maximum Gasteiger partial charge on any atom is 0.337 e. The van der Waals surface area contributed by atoms with E-state index in [9.17, 15) is 9.59 Å². The predicted molar refractivity (Wildman–Crippen MR) is 67.1 cm³/mol. The number of carboxylic acid groups (broad SMARTS) is 1. The molecule has 19 heavy (non-hydrogen) atoms. The molecular formula is C13H16N2O4. The maximum absolute atomic E-state index is 12.3. The van der Waals surface area contributed by atoms with Gasteiger partial charge in [-0.2, -0.15) is 0 Å². The Morgan fingerprint density at radius 1 is 1.47 bits per heavy atom. The first-order valence-corrected chi connectivity index (χ1v) is 6.12. The third-order valence-electron chi connectivity index (χ3n) is 3.01. The minimum atomic E-state index is -1.05. The standard InChI is InChI=1S/C13H16N2O4/c1-19-7-6-15(10-3-4-10)12(16)11-5-2-9(8-14-11)13(17)18/h2,5,8,10H,3-4,6-7H2,1H3,(H,17,18). The molecule has 1 aromatic heterocycles. The largest absolute Gasteiger partial charge is 0.478 e. The van der Waals surface area contributed by atoms with Crippen LogP contribution >= 0.6 is 0 Å². The van der Waals surface area contributed by atoms with Crippen LogP contribution < -0.4 is 0 Å². The van der Waals surface area contributed by atoms with Gasteiger partial charge in [0.2, 0.25) is 0 Å². The molecule has 2 rings (SSSR count). The number of hydrogen-bond acceptors (Lipinski definition) is 4. The lowest BCUT2D eigenvalue weighted by Gasteiger charge is -2.21. The van der Waals surface area contributed by atoms with E-state index in [0.29, 0.717) is 13.2 Å². The molecule has 1 aliphatic carbocycles. The highest BCUT2D eigenvalue weighted by atomic mass is 16.5. The van der Waals surface area contributed by atoms with Gasteiger partial charge in [-0.05, 0) is 25.0 Å². The van der Waals surface area contributed by atoms with Gasteiger partial charge in [0, 0.05) is 25.9 Å². The summed E-state index contributed by atoms with van der Waals surface area (Å²) in [5.41, 5.74) is 0.347. The van der Waals surface area contributed by atoms with Crippen molar-refractivity contribution in [3.05, 3.63) is 29.6 Å². The third-order valence-corrected chi connectivity index (χ3v) is 3.01. The number of pyridine rings is 1. The van der Waals surface area contributed by atoms with E-state index in [1.807, 2.05) is 0 Å². The van der Waals surface area contributed by atoms with Gasteiger partial charge in [0.1, 0.15) is 5.69 Å². The Morgan fingerprint density at radius 3 is 2.68 bits per heavy atom. The predicted octanol–water partition coefficient (Wildman–Crippen LogP) is 1.03. The zero-order chi connectivity index (χ0) is 13.8. The van der Waals surface area contributed by atoms with Crippen LogP contribution in [0, 0.1) is 0 Å². The van der Waals surface area contributed by atoms with Crippen molar-refractivity contribution in [3.8, 4) is 0 Å². The molecule has 0 radical (unpaired) electrons. The molecule has 1 fully saturated rings. The van der Waals surface area contributed by atoms with Crippen LogP contribution in [0.15, 0.2) is 18.3 Å². The zero-order valence-corrected chi connectivity index (χ0v) is 10.7. The Labute approximate surface area is 111 Å². The molecule has 102 valence electrons. The van der Waals surface area contributed by atoms with Gasteiger partial charge in [0.25, 0.3) is 5.91 Å². The van der Waals surface area contributed by atoms with E-state index in [1.54, 1.807) is 12.0 Å². The van der Waals surface area contributed by atoms with Gasteiger partial charge in [0.15, 0.2) is 0 Å². The van der Waals surface area contributed by atoms with Crippen LogP contribution in [0.2, 0.25) is 0 Å². The van der Waals surface area contributed by atoms with Gasteiger partial charge < -0.3 is 14.7 Å². The SMILES string of the molecule is COCCN(C(=O)c1ccc(C(=O)O)cn1)C1CC1. The lowest BCUT2D eigenvalue weighted by atomic mass is 10.2. The normalized spacial score (nSPS) is 14.2. The number of ether oxygens (including phenoxy) is 1. The fourth-order valence-electron chi connectivity index (χ4n) is 1.82. The molecule has 1 aromatic rings. The van der Waals surface area contributed by atoms with Crippen LogP contribution in [-0.4, -0.2) is 53.2 Å². The van der Waals surface area contributed by atoms with Crippen LogP contribution in [0.5, 0.6) is 0 Å². The third kappa shape index (κ3) is 3.29. The first-order chi connectivity index (χ1) is 9.13. The molecule has 1 aliphatic rings. The van der Waals surface area contributed by atoms with Crippen molar-refractivity contribution >= 4 is 11.9 Å². The molecule has 1 N–H and O–H groups in total. The number of methoxy groups -OCH3 is 1. The lowest BCUT2D eigenvalue weighted by molar-refractivity contribution is 0.0667. The fraction of sp³-hybridized carbons (Fsp3) is 0.462. The fourth-order valence-corrected chi connectivity index (χ4v) is 1.82. The molecule has 1 amide bonds. The number of rotatable bonds is 6. The van der Waals surface area contributed by atoms with Crippen LogP contribution in [0.1, 0.15) is 33.7 Å². The molecule has 1 saturated carbocycles. The Morgan fingerprint density at radius 2 is 2.21 bits per heavy atom. The Balaban J connectivity index is 2.09. The number of hydrogen-bond donors (Lipinski definition) is 1. The van der Waals surface area contributed by atoms with E-state index < -0.39 is 5.97 Å². The molecular weight excluding hydrogens is 248 g/mol. The maximum atomic E-state index is 12.3. The van der Waals surface area contributed by atoms with Gasteiger partial charge >= 0.3 is 5.97 Å². The van der Waals surface area contributed by atoms with E-state index in [2.05, 4.69) is 4.98 Å². The first kappa shape index (κ1) is 13.5. The first-order valence-electron chi connectivity index (χ1n) is 6.12. The number of nitrogens with zero attached hydrogens (tertiary/aromatic N) is 2. The summed E-state index contributed by atoms with van der Waals surface area (Å²) in [4.78, 5) is 28.7. The smallest absolute Gasteiger partial charge is 0.337 e. The molecule has 0 saturated heterocycles. The average molecular weight is 264 g/mol. The van der Waals surface area contributed by atoms with E-state index >= 15 is 0 Å². The van der Waals surface area contributed by atoms with E-state index in [0.717, 1.165) is 12.8 Å². The van der Waals surface area contributed by atoms with Gasteiger partial charge in [-0.15, -0.1) is 0 Å². The highest BCUT2D eigenvalue weighted by Gasteiger charge is 2.33. The molecule has 0 bridgehead atoms. The number of carbonyl (C=O) groups is 2. The minimum absolute atomic E-state index is 0.0754. The second-order valence-corrected chi connectivity index (χ2v) is 4.46. The van der Waals surface area contributed by atoms with Crippen molar-refractivity contribution in [3.63, 3.8) is 0 Å². The van der Waals surface area contributed by atoms with Gasteiger partial charge in [0.05, 0.1) is 12.2 Å².